The Morgan fingerprint density at radius 1 is 1.28 bits per heavy atom. The van der Waals surface area contributed by atoms with Gasteiger partial charge in [0.1, 0.15) is 0 Å². The van der Waals surface area contributed by atoms with E-state index in [1.165, 1.54) is 20.3 Å². The molecule has 1 amide bonds. The minimum atomic E-state index is -1.92. The lowest BCUT2D eigenvalue weighted by molar-refractivity contribution is -0.179. The maximum absolute atomic E-state index is 13.3. The molecule has 0 bridgehead atoms. The monoisotopic (exact) mass is 422 g/mol. The Labute approximate surface area is 174 Å². The SMILES string of the molecule is C=C1C[C@@H](CO[Si](C)(C)C(C)(C)C)N(C(=O)c2cc(OC)c(OOC)cc2N)C1. The van der Waals surface area contributed by atoms with Crippen LogP contribution in [0.5, 0.6) is 11.5 Å². The van der Waals surface area contributed by atoms with Gasteiger partial charge in [-0.3, -0.25) is 4.79 Å². The van der Waals surface area contributed by atoms with Gasteiger partial charge >= 0.3 is 0 Å². The van der Waals surface area contributed by atoms with E-state index in [2.05, 4.69) is 40.4 Å². The van der Waals surface area contributed by atoms with Gasteiger partial charge in [0.25, 0.3) is 5.91 Å². The number of amides is 1. The summed E-state index contributed by atoms with van der Waals surface area (Å²) < 4.78 is 11.7. The lowest BCUT2D eigenvalue weighted by atomic mass is 10.1. The normalized spacial score (nSPS) is 17.6. The van der Waals surface area contributed by atoms with E-state index in [-0.39, 0.29) is 17.0 Å². The molecule has 1 fully saturated rings. The number of likely N-dealkylation sites (tertiary alicyclic amines) is 1. The van der Waals surface area contributed by atoms with Gasteiger partial charge in [-0.1, -0.05) is 32.9 Å². The molecule has 29 heavy (non-hydrogen) atoms. The number of carbonyl (C=O) groups excluding carboxylic acids is 1. The van der Waals surface area contributed by atoms with Gasteiger partial charge in [0.15, 0.2) is 14.1 Å². The summed E-state index contributed by atoms with van der Waals surface area (Å²) in [5.74, 6) is 0.511. The highest BCUT2D eigenvalue weighted by molar-refractivity contribution is 6.74. The maximum atomic E-state index is 13.3. The highest BCUT2D eigenvalue weighted by atomic mass is 28.4. The van der Waals surface area contributed by atoms with Crippen LogP contribution in [0.1, 0.15) is 37.6 Å². The van der Waals surface area contributed by atoms with Gasteiger partial charge in [-0.15, -0.1) is 0 Å². The van der Waals surface area contributed by atoms with Gasteiger partial charge in [0.2, 0.25) is 5.75 Å². The predicted octanol–water partition coefficient (Wildman–Crippen LogP) is 4.01. The van der Waals surface area contributed by atoms with Crippen LogP contribution in [-0.4, -0.2) is 52.5 Å². The third-order valence-electron chi connectivity index (χ3n) is 5.80. The second-order valence-corrected chi connectivity index (χ2v) is 13.8. The lowest BCUT2D eigenvalue weighted by Gasteiger charge is -2.38. The summed E-state index contributed by atoms with van der Waals surface area (Å²) in [5, 5.41) is 0.104. The number of nitrogen functional groups attached to an aromatic ring is 1. The average molecular weight is 423 g/mol. The molecule has 1 aromatic carbocycles. The summed E-state index contributed by atoms with van der Waals surface area (Å²) in [5.41, 5.74) is 7.80. The summed E-state index contributed by atoms with van der Waals surface area (Å²) in [6, 6.07) is 3.05. The van der Waals surface area contributed by atoms with Crippen LogP contribution in [-0.2, 0) is 9.31 Å². The van der Waals surface area contributed by atoms with Gasteiger partial charge in [-0.2, -0.15) is 4.89 Å². The first-order chi connectivity index (χ1) is 13.4. The molecule has 1 heterocycles. The number of ether oxygens (including phenoxy) is 1. The Hall–Kier alpha value is -2.03. The van der Waals surface area contributed by atoms with Crippen molar-refractivity contribution in [3.8, 4) is 11.5 Å². The third-order valence-corrected chi connectivity index (χ3v) is 10.3. The van der Waals surface area contributed by atoms with E-state index >= 15 is 0 Å². The van der Waals surface area contributed by atoms with Crippen LogP contribution in [0, 0.1) is 0 Å². The number of carbonyl (C=O) groups is 1. The van der Waals surface area contributed by atoms with Crippen molar-refractivity contribution < 1.29 is 23.7 Å². The molecule has 0 aromatic heterocycles. The molecular formula is C21H34N2O5Si. The molecule has 1 aromatic rings. The zero-order valence-corrected chi connectivity index (χ0v) is 19.6. The summed E-state index contributed by atoms with van der Waals surface area (Å²) in [6.07, 6.45) is 0.724. The molecule has 1 aliphatic heterocycles. The fourth-order valence-corrected chi connectivity index (χ4v) is 4.06. The van der Waals surface area contributed by atoms with Crippen molar-refractivity contribution in [2.24, 2.45) is 0 Å². The average Bonchev–Trinajstić information content (AvgIpc) is 3.00. The number of hydrogen-bond donors (Lipinski definition) is 1. The highest BCUT2D eigenvalue weighted by Crippen LogP contribution is 2.38. The van der Waals surface area contributed by atoms with Gasteiger partial charge < -0.3 is 24.7 Å². The van der Waals surface area contributed by atoms with Gasteiger partial charge in [-0.05, 0) is 30.6 Å². The molecule has 0 unspecified atom stereocenters. The first-order valence-electron chi connectivity index (χ1n) is 9.71. The molecule has 0 spiro atoms. The number of rotatable bonds is 7. The number of nitrogens with zero attached hydrogens (tertiary/aromatic N) is 1. The van der Waals surface area contributed by atoms with E-state index in [1.807, 2.05) is 0 Å². The van der Waals surface area contributed by atoms with E-state index < -0.39 is 8.32 Å². The zero-order chi connectivity index (χ0) is 22.0. The van der Waals surface area contributed by atoms with Crippen molar-refractivity contribution in [1.82, 2.24) is 4.90 Å². The van der Waals surface area contributed by atoms with Gasteiger partial charge in [-0.25, -0.2) is 0 Å². The van der Waals surface area contributed by atoms with Crippen LogP contribution in [0.3, 0.4) is 0 Å². The second-order valence-electron chi connectivity index (χ2n) is 8.95. The van der Waals surface area contributed by atoms with E-state index in [0.717, 1.165) is 12.0 Å². The molecule has 2 rings (SSSR count). The Morgan fingerprint density at radius 3 is 2.48 bits per heavy atom. The van der Waals surface area contributed by atoms with Crippen LogP contribution < -0.4 is 15.4 Å². The van der Waals surface area contributed by atoms with Crippen LogP contribution >= 0.6 is 0 Å². The Bertz CT molecular complexity index is 773. The quantitative estimate of drug-likeness (QED) is 0.235. The van der Waals surface area contributed by atoms with E-state index in [1.54, 1.807) is 11.0 Å². The van der Waals surface area contributed by atoms with Crippen molar-refractivity contribution in [3.63, 3.8) is 0 Å². The van der Waals surface area contributed by atoms with Crippen molar-refractivity contribution >= 4 is 19.9 Å². The standard InChI is InChI=1S/C21H34N2O5Si/c1-14-9-15(13-27-29(7,8)21(2,3)4)23(12-14)20(24)16-10-18(25-5)19(28-26-6)11-17(16)22/h10-11,15H,1,9,12-13,22H2,2-8H3/t15-/m0/s1. The third kappa shape index (κ3) is 5.12. The Kier molecular flexibility index (Phi) is 7.03. The van der Waals surface area contributed by atoms with Crippen molar-refractivity contribution in [2.45, 2.75) is 51.4 Å². The highest BCUT2D eigenvalue weighted by Gasteiger charge is 2.40. The molecule has 1 saturated heterocycles. The van der Waals surface area contributed by atoms with Crippen molar-refractivity contribution in [3.05, 3.63) is 29.8 Å². The van der Waals surface area contributed by atoms with Crippen LogP contribution in [0.15, 0.2) is 24.3 Å². The lowest BCUT2D eigenvalue weighted by Crippen LogP contribution is -2.46. The number of methoxy groups -OCH3 is 1. The fourth-order valence-electron chi connectivity index (χ4n) is 3.02. The minimum absolute atomic E-state index is 0.0654. The number of nitrogens with two attached hydrogens (primary N) is 1. The first kappa shape index (κ1) is 23.2. The zero-order valence-electron chi connectivity index (χ0n) is 18.6. The Balaban J connectivity index is 2.25. The minimum Gasteiger partial charge on any atom is -0.493 e. The summed E-state index contributed by atoms with van der Waals surface area (Å²) in [6.45, 7) is 16.1. The van der Waals surface area contributed by atoms with E-state index in [4.69, 9.17) is 24.7 Å². The first-order valence-corrected chi connectivity index (χ1v) is 12.6. The van der Waals surface area contributed by atoms with Gasteiger partial charge in [0, 0.05) is 18.3 Å². The summed E-state index contributed by atoms with van der Waals surface area (Å²) in [7, 11) is 0.959. The molecule has 7 nitrogen and oxygen atoms in total. The summed E-state index contributed by atoms with van der Waals surface area (Å²) in [4.78, 5) is 24.9. The van der Waals surface area contributed by atoms with Crippen molar-refractivity contribution in [1.29, 1.82) is 0 Å². The van der Waals surface area contributed by atoms with Crippen LogP contribution in [0.25, 0.3) is 0 Å². The second kappa shape index (κ2) is 8.77. The Morgan fingerprint density at radius 2 is 1.93 bits per heavy atom. The largest absolute Gasteiger partial charge is 0.493 e. The van der Waals surface area contributed by atoms with E-state index in [0.29, 0.717) is 35.9 Å². The molecule has 8 heteroatoms. The van der Waals surface area contributed by atoms with Crippen LogP contribution in [0.2, 0.25) is 18.1 Å². The fraction of sp³-hybridized carbons (Fsp3) is 0.571. The number of hydrogen-bond acceptors (Lipinski definition) is 6. The van der Waals surface area contributed by atoms with E-state index in [9.17, 15) is 4.79 Å². The molecule has 2 N–H and O–H groups in total. The molecular weight excluding hydrogens is 388 g/mol. The van der Waals surface area contributed by atoms with Gasteiger partial charge in [0.05, 0.1) is 32.4 Å². The molecule has 0 saturated carbocycles. The maximum Gasteiger partial charge on any atom is 0.256 e. The summed E-state index contributed by atoms with van der Waals surface area (Å²) >= 11 is 0. The molecule has 1 aliphatic rings. The molecule has 0 radical (unpaired) electrons. The van der Waals surface area contributed by atoms with Crippen molar-refractivity contribution in [2.75, 3.05) is 33.1 Å². The molecule has 162 valence electrons. The topological polar surface area (TPSA) is 83.2 Å². The number of benzene rings is 1. The number of anilines is 1. The van der Waals surface area contributed by atoms with Crippen LogP contribution in [0.4, 0.5) is 5.69 Å². The molecule has 1 atom stereocenters. The predicted molar refractivity (Wildman–Crippen MR) is 117 cm³/mol. The smallest absolute Gasteiger partial charge is 0.256 e. The molecule has 0 aliphatic carbocycles.